The van der Waals surface area contributed by atoms with Gasteiger partial charge in [-0.3, -0.25) is 4.79 Å². The summed E-state index contributed by atoms with van der Waals surface area (Å²) in [6.45, 7) is 3.26. The zero-order valence-electron chi connectivity index (χ0n) is 14.7. The number of hydrogen-bond acceptors (Lipinski definition) is 5. The van der Waals surface area contributed by atoms with E-state index in [4.69, 9.17) is 0 Å². The lowest BCUT2D eigenvalue weighted by Crippen LogP contribution is -2.30. The fourth-order valence-corrected chi connectivity index (χ4v) is 3.32. The van der Waals surface area contributed by atoms with Crippen LogP contribution in [0.25, 0.3) is 5.69 Å². The SMILES string of the molecule is Cc1ccccc1-n1cc(CNC(=O)[C@H]2CCCCn3nnnc32)cn1. The Bertz CT molecular complexity index is 914. The van der Waals surface area contributed by atoms with Gasteiger partial charge in [0, 0.05) is 24.8 Å². The van der Waals surface area contributed by atoms with Crippen LogP contribution in [-0.2, 0) is 17.9 Å². The number of amides is 1. The predicted octanol–water partition coefficient (Wildman–Crippen LogP) is 1.75. The van der Waals surface area contributed by atoms with Gasteiger partial charge in [0.1, 0.15) is 0 Å². The quantitative estimate of drug-likeness (QED) is 0.773. The Kier molecular flexibility index (Phi) is 4.47. The highest BCUT2D eigenvalue weighted by atomic mass is 16.1. The van der Waals surface area contributed by atoms with E-state index in [1.807, 2.05) is 29.1 Å². The predicted molar refractivity (Wildman–Crippen MR) is 94.6 cm³/mol. The number of carbonyl (C=O) groups excluding carboxylic acids is 1. The van der Waals surface area contributed by atoms with Gasteiger partial charge in [-0.25, -0.2) is 9.36 Å². The molecule has 4 rings (SSSR count). The van der Waals surface area contributed by atoms with E-state index in [2.05, 4.69) is 38.9 Å². The van der Waals surface area contributed by atoms with E-state index in [-0.39, 0.29) is 11.8 Å². The van der Waals surface area contributed by atoms with E-state index in [1.54, 1.807) is 10.9 Å². The molecule has 0 fully saturated rings. The minimum atomic E-state index is -0.293. The van der Waals surface area contributed by atoms with Gasteiger partial charge in [0.15, 0.2) is 5.82 Å². The van der Waals surface area contributed by atoms with E-state index < -0.39 is 0 Å². The van der Waals surface area contributed by atoms with Crippen LogP contribution in [0.2, 0.25) is 0 Å². The lowest BCUT2D eigenvalue weighted by Gasteiger charge is -2.12. The van der Waals surface area contributed by atoms with Crippen molar-refractivity contribution in [3.05, 3.63) is 53.6 Å². The van der Waals surface area contributed by atoms with Crippen molar-refractivity contribution in [2.24, 2.45) is 0 Å². The van der Waals surface area contributed by atoms with Gasteiger partial charge in [0.05, 0.1) is 17.8 Å². The number of rotatable bonds is 4. The second kappa shape index (κ2) is 7.07. The molecule has 8 nitrogen and oxygen atoms in total. The van der Waals surface area contributed by atoms with Gasteiger partial charge in [-0.15, -0.1) is 5.10 Å². The number of benzene rings is 1. The van der Waals surface area contributed by atoms with Crippen LogP contribution >= 0.6 is 0 Å². The van der Waals surface area contributed by atoms with Gasteiger partial charge in [-0.05, 0) is 41.8 Å². The van der Waals surface area contributed by atoms with Crippen LogP contribution in [-0.4, -0.2) is 35.9 Å². The molecule has 1 aliphatic heterocycles. The first kappa shape index (κ1) is 16.4. The Morgan fingerprint density at radius 1 is 1.31 bits per heavy atom. The molecular weight excluding hydrogens is 330 g/mol. The first-order valence-corrected chi connectivity index (χ1v) is 8.85. The first-order valence-electron chi connectivity index (χ1n) is 8.85. The standard InChI is InChI=1S/C18H21N7O/c1-13-6-2-3-8-16(13)25-12-14(11-20-25)10-19-18(26)15-7-4-5-9-24-17(15)21-22-23-24/h2-3,6,8,11-12,15H,4-5,7,9-10H2,1H3,(H,19,26)/t15-/m0/s1. The highest BCUT2D eigenvalue weighted by molar-refractivity contribution is 5.82. The average Bonchev–Trinajstić information content (AvgIpc) is 3.26. The average molecular weight is 351 g/mol. The lowest BCUT2D eigenvalue weighted by molar-refractivity contribution is -0.123. The van der Waals surface area contributed by atoms with E-state index in [9.17, 15) is 4.79 Å². The van der Waals surface area contributed by atoms with Crippen LogP contribution < -0.4 is 5.32 Å². The molecule has 1 aromatic carbocycles. The third kappa shape index (κ3) is 3.22. The molecule has 0 spiro atoms. The van der Waals surface area contributed by atoms with Gasteiger partial charge in [-0.2, -0.15) is 5.10 Å². The van der Waals surface area contributed by atoms with Crippen molar-refractivity contribution in [3.8, 4) is 5.69 Å². The summed E-state index contributed by atoms with van der Waals surface area (Å²) in [5, 5.41) is 19.2. The highest BCUT2D eigenvalue weighted by Crippen LogP contribution is 2.24. The summed E-state index contributed by atoms with van der Waals surface area (Å²) in [7, 11) is 0. The maximum atomic E-state index is 12.7. The van der Waals surface area contributed by atoms with Crippen molar-refractivity contribution in [2.75, 3.05) is 0 Å². The van der Waals surface area contributed by atoms with Crippen molar-refractivity contribution in [3.63, 3.8) is 0 Å². The molecule has 0 aliphatic carbocycles. The molecule has 0 saturated heterocycles. The summed E-state index contributed by atoms with van der Waals surface area (Å²) in [5.74, 6) is 0.334. The largest absolute Gasteiger partial charge is 0.351 e. The fourth-order valence-electron chi connectivity index (χ4n) is 3.32. The third-order valence-electron chi connectivity index (χ3n) is 4.77. The molecule has 134 valence electrons. The molecule has 0 saturated carbocycles. The summed E-state index contributed by atoms with van der Waals surface area (Å²) in [6, 6.07) is 8.07. The Hall–Kier alpha value is -3.03. The Balaban J connectivity index is 1.44. The zero-order valence-corrected chi connectivity index (χ0v) is 14.7. The van der Waals surface area contributed by atoms with Crippen molar-refractivity contribution < 1.29 is 4.79 Å². The maximum absolute atomic E-state index is 12.7. The monoisotopic (exact) mass is 351 g/mol. The number of para-hydroxylation sites is 1. The number of fused-ring (bicyclic) bond motifs is 1. The van der Waals surface area contributed by atoms with Gasteiger partial charge >= 0.3 is 0 Å². The zero-order chi connectivity index (χ0) is 17.9. The Morgan fingerprint density at radius 3 is 3.08 bits per heavy atom. The first-order chi connectivity index (χ1) is 12.7. The summed E-state index contributed by atoms with van der Waals surface area (Å²) < 4.78 is 3.58. The molecule has 26 heavy (non-hydrogen) atoms. The van der Waals surface area contributed by atoms with Crippen molar-refractivity contribution in [1.82, 2.24) is 35.3 Å². The van der Waals surface area contributed by atoms with Crippen molar-refractivity contribution >= 4 is 5.91 Å². The van der Waals surface area contributed by atoms with Crippen molar-refractivity contribution in [2.45, 2.75) is 45.2 Å². The van der Waals surface area contributed by atoms with Crippen LogP contribution in [0.3, 0.4) is 0 Å². The minimum absolute atomic E-state index is 0.0356. The van der Waals surface area contributed by atoms with Gasteiger partial charge < -0.3 is 5.32 Å². The van der Waals surface area contributed by atoms with Crippen molar-refractivity contribution in [1.29, 1.82) is 0 Å². The minimum Gasteiger partial charge on any atom is -0.351 e. The lowest BCUT2D eigenvalue weighted by atomic mass is 10.0. The van der Waals surface area contributed by atoms with E-state index in [1.165, 1.54) is 0 Å². The number of nitrogens with one attached hydrogen (secondary N) is 1. The second-order valence-electron chi connectivity index (χ2n) is 6.61. The number of aromatic nitrogens is 6. The van der Waals surface area contributed by atoms with Crippen LogP contribution in [0.4, 0.5) is 0 Å². The van der Waals surface area contributed by atoms with Gasteiger partial charge in [0.25, 0.3) is 0 Å². The Morgan fingerprint density at radius 2 is 2.19 bits per heavy atom. The molecule has 1 N–H and O–H groups in total. The molecular formula is C18H21N7O. The maximum Gasteiger partial charge on any atom is 0.231 e. The third-order valence-corrected chi connectivity index (χ3v) is 4.77. The molecule has 3 heterocycles. The molecule has 1 aliphatic rings. The normalized spacial score (nSPS) is 16.7. The number of tetrazole rings is 1. The topological polar surface area (TPSA) is 90.5 Å². The molecule has 1 atom stereocenters. The molecule has 0 unspecified atom stereocenters. The molecule has 2 aromatic heterocycles. The summed E-state index contributed by atoms with van der Waals surface area (Å²) in [5.41, 5.74) is 3.14. The molecule has 3 aromatic rings. The fraction of sp³-hybridized carbons (Fsp3) is 0.389. The molecule has 0 bridgehead atoms. The van der Waals surface area contributed by atoms with Crippen LogP contribution in [0.5, 0.6) is 0 Å². The molecule has 1 amide bonds. The number of carbonyl (C=O) groups is 1. The smallest absolute Gasteiger partial charge is 0.231 e. The highest BCUT2D eigenvalue weighted by Gasteiger charge is 2.28. The van der Waals surface area contributed by atoms with Crippen LogP contribution in [0.1, 0.15) is 42.1 Å². The number of nitrogens with zero attached hydrogens (tertiary/aromatic N) is 6. The molecule has 0 radical (unpaired) electrons. The summed E-state index contributed by atoms with van der Waals surface area (Å²) in [6.07, 6.45) is 6.47. The Labute approximate surface area is 151 Å². The van der Waals surface area contributed by atoms with E-state index >= 15 is 0 Å². The summed E-state index contributed by atoms with van der Waals surface area (Å²) in [4.78, 5) is 12.7. The van der Waals surface area contributed by atoms with E-state index in [0.29, 0.717) is 12.4 Å². The van der Waals surface area contributed by atoms with Crippen LogP contribution in [0, 0.1) is 6.92 Å². The number of aryl methyl sites for hydroxylation is 2. The second-order valence-corrected chi connectivity index (χ2v) is 6.61. The number of hydrogen-bond donors (Lipinski definition) is 1. The van der Waals surface area contributed by atoms with Gasteiger partial charge in [-0.1, -0.05) is 24.6 Å². The van der Waals surface area contributed by atoms with E-state index in [0.717, 1.165) is 42.6 Å². The van der Waals surface area contributed by atoms with Crippen LogP contribution in [0.15, 0.2) is 36.7 Å². The van der Waals surface area contributed by atoms with Gasteiger partial charge in [0.2, 0.25) is 5.91 Å². The summed E-state index contributed by atoms with van der Waals surface area (Å²) >= 11 is 0. The molecule has 8 heteroatoms.